The summed E-state index contributed by atoms with van der Waals surface area (Å²) in [7, 11) is 1.60. The number of ether oxygens (including phenoxy) is 2. The van der Waals surface area contributed by atoms with Crippen LogP contribution in [0.15, 0.2) is 57.9 Å². The van der Waals surface area contributed by atoms with E-state index in [-0.39, 0.29) is 11.2 Å². The number of benzene rings is 2. The van der Waals surface area contributed by atoms with Gasteiger partial charge in [-0.05, 0) is 30.2 Å². The largest absolute Gasteiger partial charge is 0.496 e. The van der Waals surface area contributed by atoms with Gasteiger partial charge in [0, 0.05) is 6.07 Å². The molecule has 0 aliphatic carbocycles. The fourth-order valence-electron chi connectivity index (χ4n) is 2.34. The molecule has 22 heavy (non-hydrogen) atoms. The van der Waals surface area contributed by atoms with Gasteiger partial charge in [-0.15, -0.1) is 0 Å². The second-order valence-corrected chi connectivity index (χ2v) is 4.86. The van der Waals surface area contributed by atoms with Crippen molar-refractivity contribution in [1.82, 2.24) is 0 Å². The zero-order valence-corrected chi connectivity index (χ0v) is 12.5. The summed E-state index contributed by atoms with van der Waals surface area (Å²) in [5.74, 6) is 1.49. The molecule has 0 saturated carbocycles. The number of fused-ring (bicyclic) bond motifs is 1. The molecular weight excluding hydrogens is 280 g/mol. The number of rotatable bonds is 4. The van der Waals surface area contributed by atoms with Crippen molar-refractivity contribution < 1.29 is 13.9 Å². The minimum atomic E-state index is -0.192. The molecule has 112 valence electrons. The van der Waals surface area contributed by atoms with E-state index < -0.39 is 0 Å². The fraction of sp³-hybridized carbons (Fsp3) is 0.167. The van der Waals surface area contributed by atoms with E-state index in [1.54, 1.807) is 31.4 Å². The number of hydrogen-bond acceptors (Lipinski definition) is 4. The Morgan fingerprint density at radius 1 is 1.09 bits per heavy atom. The molecule has 0 amide bonds. The van der Waals surface area contributed by atoms with Gasteiger partial charge in [-0.1, -0.05) is 25.1 Å². The molecule has 3 rings (SSSR count). The van der Waals surface area contributed by atoms with Crippen LogP contribution < -0.4 is 14.9 Å². The van der Waals surface area contributed by atoms with Crippen molar-refractivity contribution in [3.8, 4) is 17.2 Å². The minimum Gasteiger partial charge on any atom is -0.496 e. The Kier molecular flexibility index (Phi) is 3.83. The summed E-state index contributed by atoms with van der Waals surface area (Å²) in [6.45, 7) is 2.01. The Morgan fingerprint density at radius 3 is 2.55 bits per heavy atom. The van der Waals surface area contributed by atoms with Gasteiger partial charge in [0.25, 0.3) is 0 Å². The molecule has 0 radical (unpaired) electrons. The van der Waals surface area contributed by atoms with Crippen molar-refractivity contribution in [3.63, 3.8) is 0 Å². The predicted molar refractivity (Wildman–Crippen MR) is 84.9 cm³/mol. The van der Waals surface area contributed by atoms with Gasteiger partial charge in [0.2, 0.25) is 11.2 Å². The van der Waals surface area contributed by atoms with Gasteiger partial charge in [0.1, 0.15) is 23.3 Å². The normalized spacial score (nSPS) is 10.6. The average Bonchev–Trinajstić information content (AvgIpc) is 2.57. The molecule has 0 atom stereocenters. The Balaban J connectivity index is 2.11. The van der Waals surface area contributed by atoms with Crippen molar-refractivity contribution in [3.05, 3.63) is 64.5 Å². The first-order chi connectivity index (χ1) is 10.7. The quantitative estimate of drug-likeness (QED) is 0.725. The van der Waals surface area contributed by atoms with Gasteiger partial charge in [-0.3, -0.25) is 4.79 Å². The summed E-state index contributed by atoms with van der Waals surface area (Å²) < 4.78 is 16.5. The Morgan fingerprint density at radius 2 is 1.86 bits per heavy atom. The molecule has 0 unspecified atom stereocenters. The molecule has 4 nitrogen and oxygen atoms in total. The third-order valence-electron chi connectivity index (χ3n) is 3.50. The highest BCUT2D eigenvalue weighted by Crippen LogP contribution is 2.27. The second-order valence-electron chi connectivity index (χ2n) is 4.86. The van der Waals surface area contributed by atoms with E-state index in [2.05, 4.69) is 0 Å². The van der Waals surface area contributed by atoms with E-state index in [9.17, 15) is 4.79 Å². The maximum atomic E-state index is 12.6. The summed E-state index contributed by atoms with van der Waals surface area (Å²) >= 11 is 0. The number of hydrogen-bond donors (Lipinski definition) is 0. The molecule has 0 spiro atoms. The van der Waals surface area contributed by atoms with Gasteiger partial charge in [0.05, 0.1) is 12.5 Å². The first-order valence-electron chi connectivity index (χ1n) is 7.08. The van der Waals surface area contributed by atoms with Gasteiger partial charge >= 0.3 is 0 Å². The predicted octanol–water partition coefficient (Wildman–Crippen LogP) is 4.16. The number of para-hydroxylation sites is 1. The highest BCUT2D eigenvalue weighted by atomic mass is 16.5. The second kappa shape index (κ2) is 5.93. The van der Waals surface area contributed by atoms with E-state index in [1.807, 2.05) is 25.1 Å². The van der Waals surface area contributed by atoms with E-state index in [4.69, 9.17) is 13.9 Å². The van der Waals surface area contributed by atoms with E-state index in [0.717, 1.165) is 17.7 Å². The first kappa shape index (κ1) is 14.2. The van der Waals surface area contributed by atoms with E-state index in [0.29, 0.717) is 16.7 Å². The highest BCUT2D eigenvalue weighted by Gasteiger charge is 2.12. The molecular formula is C18H16O4. The lowest BCUT2D eigenvalue weighted by molar-refractivity contribution is 0.409. The summed E-state index contributed by atoms with van der Waals surface area (Å²) in [6, 6.07) is 12.7. The summed E-state index contributed by atoms with van der Waals surface area (Å²) in [6.07, 6.45) is 2.10. The third-order valence-corrected chi connectivity index (χ3v) is 3.50. The Labute approximate surface area is 127 Å². The van der Waals surface area contributed by atoms with Crippen LogP contribution in [0.3, 0.4) is 0 Å². The zero-order chi connectivity index (χ0) is 15.5. The molecule has 0 fully saturated rings. The van der Waals surface area contributed by atoms with Crippen molar-refractivity contribution in [1.29, 1.82) is 0 Å². The molecule has 4 heteroatoms. The molecule has 0 N–H and O–H groups in total. The molecule has 0 aliphatic rings. The van der Waals surface area contributed by atoms with Crippen molar-refractivity contribution in [2.75, 3.05) is 7.11 Å². The van der Waals surface area contributed by atoms with Crippen LogP contribution in [0.4, 0.5) is 0 Å². The standard InChI is InChI=1S/C18H16O4/c1-3-12-9-14-16(10-15(12)20-2)21-11-17(18(14)19)22-13-7-5-4-6-8-13/h4-11H,3H2,1-2H3. The van der Waals surface area contributed by atoms with Crippen LogP contribution in [-0.2, 0) is 6.42 Å². The Hall–Kier alpha value is -2.75. The Bertz CT molecular complexity index is 850. The van der Waals surface area contributed by atoms with Crippen LogP contribution in [-0.4, -0.2) is 7.11 Å². The average molecular weight is 296 g/mol. The van der Waals surface area contributed by atoms with Crippen LogP contribution in [0.2, 0.25) is 0 Å². The lowest BCUT2D eigenvalue weighted by Crippen LogP contribution is -2.06. The smallest absolute Gasteiger partial charge is 0.235 e. The van der Waals surface area contributed by atoms with Crippen LogP contribution in [0, 0.1) is 0 Å². The van der Waals surface area contributed by atoms with Crippen LogP contribution >= 0.6 is 0 Å². The molecule has 1 heterocycles. The lowest BCUT2D eigenvalue weighted by atomic mass is 10.1. The van der Waals surface area contributed by atoms with E-state index >= 15 is 0 Å². The number of aryl methyl sites for hydroxylation is 1. The number of methoxy groups -OCH3 is 1. The summed E-state index contributed by atoms with van der Waals surface area (Å²) in [5, 5.41) is 0.492. The summed E-state index contributed by atoms with van der Waals surface area (Å²) in [5.41, 5.74) is 1.25. The van der Waals surface area contributed by atoms with Gasteiger partial charge in [0.15, 0.2) is 0 Å². The van der Waals surface area contributed by atoms with Crippen LogP contribution in [0.25, 0.3) is 11.0 Å². The van der Waals surface area contributed by atoms with Crippen molar-refractivity contribution in [2.45, 2.75) is 13.3 Å². The highest BCUT2D eigenvalue weighted by molar-refractivity contribution is 5.80. The van der Waals surface area contributed by atoms with Crippen LogP contribution in [0.1, 0.15) is 12.5 Å². The molecule has 2 aromatic carbocycles. The monoisotopic (exact) mass is 296 g/mol. The van der Waals surface area contributed by atoms with E-state index in [1.165, 1.54) is 6.26 Å². The molecule has 0 aliphatic heterocycles. The maximum absolute atomic E-state index is 12.6. The van der Waals surface area contributed by atoms with Gasteiger partial charge in [-0.2, -0.15) is 0 Å². The third kappa shape index (κ3) is 2.55. The molecule has 3 aromatic rings. The lowest BCUT2D eigenvalue weighted by Gasteiger charge is -2.09. The molecule has 1 aromatic heterocycles. The van der Waals surface area contributed by atoms with Gasteiger partial charge in [-0.25, -0.2) is 0 Å². The van der Waals surface area contributed by atoms with Crippen molar-refractivity contribution in [2.24, 2.45) is 0 Å². The SMILES string of the molecule is CCc1cc2c(=O)c(Oc3ccccc3)coc2cc1OC. The zero-order valence-electron chi connectivity index (χ0n) is 12.5. The fourth-order valence-corrected chi connectivity index (χ4v) is 2.34. The molecule has 0 saturated heterocycles. The minimum absolute atomic E-state index is 0.172. The summed E-state index contributed by atoms with van der Waals surface area (Å²) in [4.78, 5) is 12.6. The first-order valence-corrected chi connectivity index (χ1v) is 7.08. The van der Waals surface area contributed by atoms with Crippen LogP contribution in [0.5, 0.6) is 17.2 Å². The van der Waals surface area contributed by atoms with Crippen molar-refractivity contribution >= 4 is 11.0 Å². The molecule has 0 bridgehead atoms. The maximum Gasteiger partial charge on any atom is 0.235 e. The van der Waals surface area contributed by atoms with Gasteiger partial charge < -0.3 is 13.9 Å². The topological polar surface area (TPSA) is 48.7 Å².